The maximum atomic E-state index is 12.9. The highest BCUT2D eigenvalue weighted by atomic mass is 32.2. The summed E-state index contributed by atoms with van der Waals surface area (Å²) in [6.45, 7) is 1.77. The van der Waals surface area contributed by atoms with Gasteiger partial charge in [-0.2, -0.15) is 0 Å². The van der Waals surface area contributed by atoms with Crippen LogP contribution in [0.3, 0.4) is 0 Å². The largest absolute Gasteiger partial charge is 0.481 e. The third-order valence-electron chi connectivity index (χ3n) is 4.89. The van der Waals surface area contributed by atoms with Crippen LogP contribution in [0.25, 0.3) is 5.69 Å². The average molecular weight is 469 g/mol. The maximum absolute atomic E-state index is 12.9. The Kier molecular flexibility index (Phi) is 7.73. The molecule has 2 aromatic carbocycles. The van der Waals surface area contributed by atoms with Gasteiger partial charge in [-0.15, -0.1) is 11.8 Å². The molecule has 0 atom stereocenters. The number of carboxylic acid groups (broad SMARTS) is 1. The molecule has 3 N–H and O–H groups in total. The van der Waals surface area contributed by atoms with Crippen molar-refractivity contribution in [3.63, 3.8) is 0 Å². The lowest BCUT2D eigenvalue weighted by Gasteiger charge is -2.07. The second-order valence-electron chi connectivity index (χ2n) is 7.24. The van der Waals surface area contributed by atoms with E-state index >= 15 is 0 Å². The van der Waals surface area contributed by atoms with Gasteiger partial charge in [0.25, 0.3) is 5.56 Å². The van der Waals surface area contributed by atoms with Crippen molar-refractivity contribution >= 4 is 40.9 Å². The van der Waals surface area contributed by atoms with E-state index in [-0.39, 0.29) is 41.7 Å². The number of thioether (sulfide) groups is 1. The van der Waals surface area contributed by atoms with Crippen molar-refractivity contribution < 1.29 is 19.5 Å². The van der Waals surface area contributed by atoms with Crippen LogP contribution in [0.15, 0.2) is 64.3 Å². The first kappa shape index (κ1) is 23.9. The summed E-state index contributed by atoms with van der Waals surface area (Å²) >= 11 is 1.29. The third kappa shape index (κ3) is 6.13. The summed E-state index contributed by atoms with van der Waals surface area (Å²) in [6, 6.07) is 16.0. The Morgan fingerprint density at radius 1 is 0.939 bits per heavy atom. The molecule has 172 valence electrons. The number of benzene rings is 2. The van der Waals surface area contributed by atoms with Crippen LogP contribution in [0, 0.1) is 6.92 Å². The first-order valence-corrected chi connectivity index (χ1v) is 11.1. The molecule has 0 saturated carbocycles. The molecule has 2 amide bonds. The highest BCUT2D eigenvalue weighted by molar-refractivity contribution is 8.00. The first-order chi connectivity index (χ1) is 15.8. The Hall–Kier alpha value is -3.79. The maximum Gasteiger partial charge on any atom is 0.303 e. The molecule has 1 aromatic heterocycles. The molecule has 10 heteroatoms. The van der Waals surface area contributed by atoms with Crippen LogP contribution in [-0.4, -0.2) is 38.0 Å². The number of carboxylic acids is 1. The number of aromatic nitrogens is 2. The van der Waals surface area contributed by atoms with Crippen LogP contribution >= 0.6 is 11.8 Å². The molecular weight excluding hydrogens is 444 g/mol. The fraction of sp³-hybridized carbons (Fsp3) is 0.217. The standard InChI is InChI=1S/C23H24N4O5S/c1-15-22(23(32)27(26(15)2)17-6-4-3-5-7-17)25-20(29)14-33-18-10-8-16(9-11-18)24-19(28)12-13-21(30)31/h3-11H,12-14H2,1-2H3,(H,24,28)(H,25,29)(H,30,31). The minimum Gasteiger partial charge on any atom is -0.481 e. The van der Waals surface area contributed by atoms with Crippen LogP contribution in [0.5, 0.6) is 0 Å². The van der Waals surface area contributed by atoms with Gasteiger partial charge in [0.15, 0.2) is 0 Å². The van der Waals surface area contributed by atoms with Crippen LogP contribution in [0.4, 0.5) is 11.4 Å². The van der Waals surface area contributed by atoms with Crippen molar-refractivity contribution in [2.24, 2.45) is 7.05 Å². The van der Waals surface area contributed by atoms with Gasteiger partial charge in [0.2, 0.25) is 11.8 Å². The van der Waals surface area contributed by atoms with Crippen molar-refractivity contribution in [3.8, 4) is 5.69 Å². The summed E-state index contributed by atoms with van der Waals surface area (Å²) in [7, 11) is 1.76. The molecule has 9 nitrogen and oxygen atoms in total. The quantitative estimate of drug-likeness (QED) is 0.415. The zero-order valence-corrected chi connectivity index (χ0v) is 19.0. The predicted molar refractivity (Wildman–Crippen MR) is 127 cm³/mol. The van der Waals surface area contributed by atoms with E-state index in [9.17, 15) is 19.2 Å². The normalized spacial score (nSPS) is 10.6. The van der Waals surface area contributed by atoms with Gasteiger partial charge in [-0.05, 0) is 43.3 Å². The van der Waals surface area contributed by atoms with E-state index in [1.807, 2.05) is 30.3 Å². The van der Waals surface area contributed by atoms with Gasteiger partial charge in [-0.25, -0.2) is 4.68 Å². The second-order valence-corrected chi connectivity index (χ2v) is 8.29. The minimum absolute atomic E-state index is 0.100. The van der Waals surface area contributed by atoms with E-state index in [4.69, 9.17) is 5.11 Å². The Bertz CT molecular complexity index is 1220. The summed E-state index contributed by atoms with van der Waals surface area (Å²) in [5.41, 5.74) is 1.83. The minimum atomic E-state index is -1.03. The Morgan fingerprint density at radius 2 is 1.61 bits per heavy atom. The van der Waals surface area contributed by atoms with Crippen molar-refractivity contribution in [1.29, 1.82) is 0 Å². The van der Waals surface area contributed by atoms with Gasteiger partial charge in [0.05, 0.1) is 23.6 Å². The molecule has 3 aromatic rings. The fourth-order valence-electron chi connectivity index (χ4n) is 3.12. The number of hydrogen-bond donors (Lipinski definition) is 3. The number of carbonyl (C=O) groups is 3. The number of anilines is 2. The van der Waals surface area contributed by atoms with E-state index < -0.39 is 5.97 Å². The van der Waals surface area contributed by atoms with Crippen LogP contribution in [-0.2, 0) is 21.4 Å². The Morgan fingerprint density at radius 3 is 2.24 bits per heavy atom. The monoisotopic (exact) mass is 468 g/mol. The molecule has 0 fully saturated rings. The van der Waals surface area contributed by atoms with Crippen molar-refractivity contribution in [2.75, 3.05) is 16.4 Å². The van der Waals surface area contributed by atoms with E-state index in [0.29, 0.717) is 17.1 Å². The molecule has 0 radical (unpaired) electrons. The van der Waals surface area contributed by atoms with Crippen molar-refractivity contribution in [1.82, 2.24) is 9.36 Å². The summed E-state index contributed by atoms with van der Waals surface area (Å²) < 4.78 is 3.20. The predicted octanol–water partition coefficient (Wildman–Crippen LogP) is 3.02. The lowest BCUT2D eigenvalue weighted by molar-refractivity contribution is -0.138. The summed E-state index contributed by atoms with van der Waals surface area (Å²) in [6.07, 6.45) is -0.330. The van der Waals surface area contributed by atoms with Crippen LogP contribution < -0.4 is 16.2 Å². The lowest BCUT2D eigenvalue weighted by atomic mass is 10.2. The number of nitrogens with zero attached hydrogens (tertiary/aromatic N) is 2. The fourth-order valence-corrected chi connectivity index (χ4v) is 3.81. The smallest absolute Gasteiger partial charge is 0.303 e. The number of hydrogen-bond acceptors (Lipinski definition) is 5. The molecule has 0 bridgehead atoms. The number of nitrogens with one attached hydrogen (secondary N) is 2. The average Bonchev–Trinajstić information content (AvgIpc) is 3.01. The lowest BCUT2D eigenvalue weighted by Crippen LogP contribution is -2.23. The van der Waals surface area contributed by atoms with Gasteiger partial charge in [-0.3, -0.25) is 23.9 Å². The highest BCUT2D eigenvalue weighted by Gasteiger charge is 2.18. The van der Waals surface area contributed by atoms with Crippen LogP contribution in [0.2, 0.25) is 0 Å². The van der Waals surface area contributed by atoms with Crippen molar-refractivity contribution in [2.45, 2.75) is 24.7 Å². The van der Waals surface area contributed by atoms with E-state index in [1.165, 1.54) is 16.4 Å². The van der Waals surface area contributed by atoms with Crippen molar-refractivity contribution in [3.05, 3.63) is 70.6 Å². The molecule has 0 aliphatic carbocycles. The third-order valence-corrected chi connectivity index (χ3v) is 5.90. The molecule has 0 aliphatic heterocycles. The Labute approximate surface area is 194 Å². The second kappa shape index (κ2) is 10.7. The summed E-state index contributed by atoms with van der Waals surface area (Å²) in [5, 5.41) is 14.0. The number of amides is 2. The SMILES string of the molecule is Cc1c(NC(=O)CSc2ccc(NC(=O)CCC(=O)O)cc2)c(=O)n(-c2ccccc2)n1C. The van der Waals surface area contributed by atoms with Gasteiger partial charge in [0.1, 0.15) is 5.69 Å². The van der Waals surface area contributed by atoms with E-state index in [1.54, 1.807) is 42.9 Å². The molecular formula is C23H24N4O5S. The number of aliphatic carboxylic acids is 1. The highest BCUT2D eigenvalue weighted by Crippen LogP contribution is 2.21. The topological polar surface area (TPSA) is 122 Å². The molecule has 0 spiro atoms. The first-order valence-electron chi connectivity index (χ1n) is 10.1. The van der Waals surface area contributed by atoms with Crippen LogP contribution in [0.1, 0.15) is 18.5 Å². The number of para-hydroxylation sites is 1. The molecule has 1 heterocycles. The number of rotatable bonds is 9. The molecule has 3 rings (SSSR count). The summed E-state index contributed by atoms with van der Waals surface area (Å²) in [4.78, 5) is 48.4. The number of carbonyl (C=O) groups excluding carboxylic acids is 2. The molecule has 33 heavy (non-hydrogen) atoms. The molecule has 0 aliphatic rings. The summed E-state index contributed by atoms with van der Waals surface area (Å²) in [5.74, 6) is -1.61. The van der Waals surface area contributed by atoms with Gasteiger partial charge in [-0.1, -0.05) is 18.2 Å². The van der Waals surface area contributed by atoms with E-state index in [2.05, 4.69) is 10.6 Å². The van der Waals surface area contributed by atoms with Gasteiger partial charge in [0, 0.05) is 24.1 Å². The zero-order chi connectivity index (χ0) is 24.0. The zero-order valence-electron chi connectivity index (χ0n) is 18.2. The Balaban J connectivity index is 1.58. The van der Waals surface area contributed by atoms with E-state index in [0.717, 1.165) is 4.90 Å². The van der Waals surface area contributed by atoms with Gasteiger partial charge < -0.3 is 15.7 Å². The molecule has 0 saturated heterocycles. The van der Waals surface area contributed by atoms with Gasteiger partial charge >= 0.3 is 5.97 Å². The molecule has 0 unspecified atom stereocenters.